The molecule has 0 bridgehead atoms. The number of hydrogen-bond donors (Lipinski definition) is 1. The summed E-state index contributed by atoms with van der Waals surface area (Å²) in [6.07, 6.45) is 0.106. The maximum Gasteiger partial charge on any atom is 0.230 e. The summed E-state index contributed by atoms with van der Waals surface area (Å²) in [5, 5.41) is 14.4. The molecule has 1 aromatic heterocycles. The van der Waals surface area contributed by atoms with Crippen molar-refractivity contribution in [2.45, 2.75) is 6.42 Å². The van der Waals surface area contributed by atoms with Crippen molar-refractivity contribution in [2.75, 3.05) is 5.32 Å². The first kappa shape index (κ1) is 17.1. The summed E-state index contributed by atoms with van der Waals surface area (Å²) in [5.74, 6) is -0.544. The predicted molar refractivity (Wildman–Crippen MR) is 96.0 cm³/mol. The van der Waals surface area contributed by atoms with Crippen molar-refractivity contribution in [1.82, 2.24) is 4.98 Å². The molecule has 0 atom stereocenters. The highest BCUT2D eigenvalue weighted by Gasteiger charge is 2.10. The topological polar surface area (TPSA) is 65.8 Å². The van der Waals surface area contributed by atoms with Crippen molar-refractivity contribution in [3.05, 3.63) is 69.9 Å². The molecule has 3 aromatic rings. The van der Waals surface area contributed by atoms with Crippen LogP contribution in [0.25, 0.3) is 10.6 Å². The van der Waals surface area contributed by atoms with Crippen LogP contribution in [0.1, 0.15) is 11.3 Å². The Morgan fingerprint density at radius 1 is 1.28 bits per heavy atom. The van der Waals surface area contributed by atoms with Gasteiger partial charge >= 0.3 is 0 Å². The Kier molecular flexibility index (Phi) is 5.08. The number of amides is 1. The summed E-state index contributed by atoms with van der Waals surface area (Å²) in [6.45, 7) is 0. The second kappa shape index (κ2) is 7.43. The van der Waals surface area contributed by atoms with E-state index >= 15 is 0 Å². The van der Waals surface area contributed by atoms with Crippen molar-refractivity contribution in [2.24, 2.45) is 0 Å². The fraction of sp³-hybridized carbons (Fsp3) is 0.0556. The van der Waals surface area contributed by atoms with E-state index in [1.165, 1.54) is 29.5 Å². The lowest BCUT2D eigenvalue weighted by atomic mass is 10.2. The summed E-state index contributed by atoms with van der Waals surface area (Å²) < 4.78 is 13.0. The minimum Gasteiger partial charge on any atom is -0.326 e. The number of halogens is 2. The first-order valence-electron chi connectivity index (χ1n) is 7.25. The molecule has 2 aromatic carbocycles. The van der Waals surface area contributed by atoms with Gasteiger partial charge in [0.05, 0.1) is 22.7 Å². The Hall–Kier alpha value is -2.75. The van der Waals surface area contributed by atoms with Gasteiger partial charge < -0.3 is 5.32 Å². The number of nitrogens with zero attached hydrogens (tertiary/aromatic N) is 2. The summed E-state index contributed by atoms with van der Waals surface area (Å²) >= 11 is 7.34. The number of carbonyl (C=O) groups excluding carboxylic acids is 1. The van der Waals surface area contributed by atoms with Gasteiger partial charge in [0.15, 0.2) is 0 Å². The fourth-order valence-corrected chi connectivity index (χ4v) is 3.22. The number of benzene rings is 2. The zero-order valence-corrected chi connectivity index (χ0v) is 14.4. The molecule has 7 heteroatoms. The minimum absolute atomic E-state index is 0.106. The molecule has 0 aliphatic rings. The van der Waals surface area contributed by atoms with E-state index in [4.69, 9.17) is 16.9 Å². The molecular formula is C18H11ClFN3OS. The molecule has 0 aliphatic heterocycles. The molecule has 1 amide bonds. The summed E-state index contributed by atoms with van der Waals surface area (Å²) in [7, 11) is 0. The van der Waals surface area contributed by atoms with Gasteiger partial charge in [-0.3, -0.25) is 4.79 Å². The second-order valence-corrected chi connectivity index (χ2v) is 6.45. The van der Waals surface area contributed by atoms with Gasteiger partial charge in [0.25, 0.3) is 0 Å². The number of anilines is 1. The van der Waals surface area contributed by atoms with E-state index in [0.29, 0.717) is 16.9 Å². The standard InChI is InChI=1S/C18H11ClFN3OS/c19-16-7-14(6-3-12(16)9-21)22-17(24)8-15-10-25-18(23-15)11-1-4-13(20)5-2-11/h1-7,10H,8H2,(H,22,24). The third kappa shape index (κ3) is 4.21. The molecule has 0 fully saturated rings. The van der Waals surface area contributed by atoms with Crippen LogP contribution in [-0.2, 0) is 11.2 Å². The Morgan fingerprint density at radius 3 is 2.72 bits per heavy atom. The Labute approximate surface area is 152 Å². The molecule has 0 aliphatic carbocycles. The van der Waals surface area contributed by atoms with Crippen molar-refractivity contribution < 1.29 is 9.18 Å². The maximum absolute atomic E-state index is 13.0. The van der Waals surface area contributed by atoms with Crippen LogP contribution in [0.5, 0.6) is 0 Å². The van der Waals surface area contributed by atoms with Crippen LogP contribution in [0.4, 0.5) is 10.1 Å². The first-order valence-corrected chi connectivity index (χ1v) is 8.51. The largest absolute Gasteiger partial charge is 0.326 e. The van der Waals surface area contributed by atoms with E-state index in [0.717, 1.165) is 10.6 Å². The highest BCUT2D eigenvalue weighted by Crippen LogP contribution is 2.24. The van der Waals surface area contributed by atoms with Gasteiger partial charge in [-0.1, -0.05) is 11.6 Å². The number of carbonyl (C=O) groups is 1. The van der Waals surface area contributed by atoms with Crippen LogP contribution >= 0.6 is 22.9 Å². The third-order valence-electron chi connectivity index (χ3n) is 3.36. The lowest BCUT2D eigenvalue weighted by Crippen LogP contribution is -2.14. The summed E-state index contributed by atoms with van der Waals surface area (Å²) in [5.41, 5.74) is 2.30. The highest BCUT2D eigenvalue weighted by atomic mass is 35.5. The SMILES string of the molecule is N#Cc1ccc(NC(=O)Cc2csc(-c3ccc(F)cc3)n2)cc1Cl. The van der Waals surface area contributed by atoms with Gasteiger partial charge in [-0.05, 0) is 42.5 Å². The molecule has 0 saturated heterocycles. The van der Waals surface area contributed by atoms with Gasteiger partial charge in [0, 0.05) is 16.6 Å². The van der Waals surface area contributed by atoms with Crippen molar-refractivity contribution in [1.29, 1.82) is 5.26 Å². The molecule has 3 rings (SSSR count). The van der Waals surface area contributed by atoms with Crippen LogP contribution < -0.4 is 5.32 Å². The van der Waals surface area contributed by atoms with E-state index in [9.17, 15) is 9.18 Å². The number of thiazole rings is 1. The lowest BCUT2D eigenvalue weighted by molar-refractivity contribution is -0.115. The molecule has 4 nitrogen and oxygen atoms in total. The Balaban J connectivity index is 1.66. The van der Waals surface area contributed by atoms with Gasteiger partial charge in [-0.25, -0.2) is 9.37 Å². The first-order chi connectivity index (χ1) is 12.0. The van der Waals surface area contributed by atoms with E-state index in [2.05, 4.69) is 10.3 Å². The molecule has 1 N–H and O–H groups in total. The number of nitriles is 1. The quantitative estimate of drug-likeness (QED) is 0.725. The average molecular weight is 372 g/mol. The lowest BCUT2D eigenvalue weighted by Gasteiger charge is -2.05. The summed E-state index contributed by atoms with van der Waals surface area (Å²) in [4.78, 5) is 16.5. The summed E-state index contributed by atoms with van der Waals surface area (Å²) in [6, 6.07) is 12.7. The highest BCUT2D eigenvalue weighted by molar-refractivity contribution is 7.13. The van der Waals surface area contributed by atoms with Gasteiger partial charge in [0.2, 0.25) is 5.91 Å². The van der Waals surface area contributed by atoms with Gasteiger partial charge in [-0.15, -0.1) is 11.3 Å². The van der Waals surface area contributed by atoms with Crippen LogP contribution in [0.15, 0.2) is 47.8 Å². The molecule has 25 heavy (non-hydrogen) atoms. The van der Waals surface area contributed by atoms with Crippen molar-refractivity contribution >= 4 is 34.5 Å². The monoisotopic (exact) mass is 371 g/mol. The van der Waals surface area contributed by atoms with Crippen LogP contribution in [0.2, 0.25) is 5.02 Å². The molecule has 0 spiro atoms. The Bertz CT molecular complexity index is 963. The van der Waals surface area contributed by atoms with E-state index in [1.54, 1.807) is 29.6 Å². The number of hydrogen-bond acceptors (Lipinski definition) is 4. The Morgan fingerprint density at radius 2 is 2.04 bits per heavy atom. The minimum atomic E-state index is -0.305. The molecule has 124 valence electrons. The normalized spacial score (nSPS) is 10.3. The fourth-order valence-electron chi connectivity index (χ4n) is 2.17. The molecule has 0 saturated carbocycles. The van der Waals surface area contributed by atoms with Crippen LogP contribution in [0, 0.1) is 17.1 Å². The number of aromatic nitrogens is 1. The van der Waals surface area contributed by atoms with E-state index in [1.807, 2.05) is 6.07 Å². The number of rotatable bonds is 4. The van der Waals surface area contributed by atoms with E-state index in [-0.39, 0.29) is 23.2 Å². The second-order valence-electron chi connectivity index (χ2n) is 5.18. The van der Waals surface area contributed by atoms with Gasteiger partial charge in [0.1, 0.15) is 16.9 Å². The molecule has 1 heterocycles. The maximum atomic E-state index is 13.0. The zero-order valence-electron chi connectivity index (χ0n) is 12.8. The zero-order chi connectivity index (χ0) is 17.8. The third-order valence-corrected chi connectivity index (χ3v) is 4.61. The molecule has 0 radical (unpaired) electrons. The smallest absolute Gasteiger partial charge is 0.230 e. The van der Waals surface area contributed by atoms with E-state index < -0.39 is 0 Å². The van der Waals surface area contributed by atoms with Crippen molar-refractivity contribution in [3.8, 4) is 16.6 Å². The number of nitrogens with one attached hydrogen (secondary N) is 1. The van der Waals surface area contributed by atoms with Crippen LogP contribution in [-0.4, -0.2) is 10.9 Å². The average Bonchev–Trinajstić information content (AvgIpc) is 3.04. The predicted octanol–water partition coefficient (Wildman–Crippen LogP) is 4.66. The molecule has 0 unspecified atom stereocenters. The molecular weight excluding hydrogens is 361 g/mol. The van der Waals surface area contributed by atoms with Crippen LogP contribution in [0.3, 0.4) is 0 Å². The van der Waals surface area contributed by atoms with Gasteiger partial charge in [-0.2, -0.15) is 5.26 Å². The van der Waals surface area contributed by atoms with Crippen molar-refractivity contribution in [3.63, 3.8) is 0 Å².